The van der Waals surface area contributed by atoms with Crippen molar-refractivity contribution < 1.29 is 33.0 Å². The van der Waals surface area contributed by atoms with E-state index in [4.69, 9.17) is 5.11 Å². The number of hydrogen-bond donors (Lipinski definition) is 3. The lowest BCUT2D eigenvalue weighted by atomic mass is 10.1. The molecule has 11 heteroatoms. The summed E-state index contributed by atoms with van der Waals surface area (Å²) in [6.45, 7) is 20.6. The van der Waals surface area contributed by atoms with E-state index in [0.29, 0.717) is 29.4 Å². The summed E-state index contributed by atoms with van der Waals surface area (Å²) < 4.78 is 40.1. The molecule has 0 aliphatic heterocycles. The van der Waals surface area contributed by atoms with E-state index in [2.05, 4.69) is 64.9 Å². The summed E-state index contributed by atoms with van der Waals surface area (Å²) in [6, 6.07) is 4.63. The number of carboxylic acids is 2. The number of halogens is 5. The molecule has 0 fully saturated rings. The Kier molecular flexibility index (Phi) is 20.7. The second-order valence-corrected chi connectivity index (χ2v) is 13.1. The number of benzene rings is 2. The molecule has 240 valence electrons. The van der Waals surface area contributed by atoms with Gasteiger partial charge in [0.05, 0.1) is 16.8 Å². The van der Waals surface area contributed by atoms with Gasteiger partial charge in [0.2, 0.25) is 0 Å². The van der Waals surface area contributed by atoms with Gasteiger partial charge in [-0.2, -0.15) is 0 Å². The second-order valence-electron chi connectivity index (χ2n) is 11.3. The van der Waals surface area contributed by atoms with E-state index in [1.165, 1.54) is 12.1 Å². The van der Waals surface area contributed by atoms with Gasteiger partial charge in [-0.1, -0.05) is 94.7 Å². The standard InChI is InChI=1S/C15H21BrFNO2.C8H19N.C7H3BrF2O2.CH4/c1-9(2)7-18(8-10(3)4)14-12(15(19)20)5-11(16)6-13(14)17;1-7(2)5-9-6-8(3)4;8-3-1-4(7(11)12)6(10)5(9)2-3;/h5-6,9-10H,7-8H2,1-4H3,(H,19,20);7-9H,5-6H2,1-4H3;1-2H,(H,11,12);1H4. The lowest BCUT2D eigenvalue weighted by Crippen LogP contribution is -2.33. The molecular weight excluding hydrogens is 681 g/mol. The van der Waals surface area contributed by atoms with Crippen LogP contribution in [0.2, 0.25) is 0 Å². The fraction of sp³-hybridized carbons (Fsp3) is 0.548. The Balaban J connectivity index is 0. The molecule has 0 aliphatic carbocycles. The average Bonchev–Trinajstić information content (AvgIpc) is 2.80. The maximum Gasteiger partial charge on any atom is 0.338 e. The first kappa shape index (κ1) is 42.0. The highest BCUT2D eigenvalue weighted by molar-refractivity contribution is 9.10. The molecule has 0 amide bonds. The lowest BCUT2D eigenvalue weighted by molar-refractivity contribution is 0.0682. The van der Waals surface area contributed by atoms with E-state index < -0.39 is 35.0 Å². The van der Waals surface area contributed by atoms with Crippen molar-refractivity contribution in [2.24, 2.45) is 23.7 Å². The molecule has 0 unspecified atom stereocenters. The third-order valence-electron chi connectivity index (χ3n) is 5.07. The Morgan fingerprint density at radius 2 is 1.10 bits per heavy atom. The molecule has 0 radical (unpaired) electrons. The highest BCUT2D eigenvalue weighted by Gasteiger charge is 2.23. The van der Waals surface area contributed by atoms with E-state index in [-0.39, 0.29) is 23.2 Å². The predicted octanol–water partition coefficient (Wildman–Crippen LogP) is 9.35. The van der Waals surface area contributed by atoms with E-state index in [9.17, 15) is 27.9 Å². The van der Waals surface area contributed by atoms with Gasteiger partial charge in [0.15, 0.2) is 11.6 Å². The third kappa shape index (κ3) is 16.5. The summed E-state index contributed by atoms with van der Waals surface area (Å²) in [5.74, 6) is -3.43. The van der Waals surface area contributed by atoms with Crippen LogP contribution < -0.4 is 10.2 Å². The number of rotatable bonds is 11. The van der Waals surface area contributed by atoms with Gasteiger partial charge >= 0.3 is 11.9 Å². The summed E-state index contributed by atoms with van der Waals surface area (Å²) in [6.07, 6.45) is 0. The predicted molar refractivity (Wildman–Crippen MR) is 173 cm³/mol. The smallest absolute Gasteiger partial charge is 0.338 e. The van der Waals surface area contributed by atoms with Gasteiger partial charge < -0.3 is 20.4 Å². The Morgan fingerprint density at radius 1 is 0.714 bits per heavy atom. The Labute approximate surface area is 266 Å². The van der Waals surface area contributed by atoms with Crippen molar-refractivity contribution in [1.29, 1.82) is 0 Å². The minimum Gasteiger partial charge on any atom is -0.478 e. The molecule has 0 aliphatic rings. The average molecular weight is 729 g/mol. The summed E-state index contributed by atoms with van der Waals surface area (Å²) in [7, 11) is 0. The van der Waals surface area contributed by atoms with Crippen molar-refractivity contribution in [3.63, 3.8) is 0 Å². The summed E-state index contributed by atoms with van der Waals surface area (Å²) >= 11 is 5.99. The topological polar surface area (TPSA) is 89.9 Å². The number of nitrogens with one attached hydrogen (secondary N) is 1. The quantitative estimate of drug-likeness (QED) is 0.200. The first-order chi connectivity index (χ1) is 18.9. The molecule has 2 rings (SSSR count). The van der Waals surface area contributed by atoms with Crippen LogP contribution in [-0.2, 0) is 0 Å². The SMILES string of the molecule is C.CC(C)CN(CC(C)C)c1c(F)cc(Br)cc1C(=O)O.CC(C)CNCC(C)C.O=C(O)c1cc(Br)cc(F)c1F. The van der Waals surface area contributed by atoms with Crippen molar-refractivity contribution in [3.05, 3.63) is 61.8 Å². The molecule has 0 aromatic heterocycles. The largest absolute Gasteiger partial charge is 0.478 e. The highest BCUT2D eigenvalue weighted by Crippen LogP contribution is 2.30. The van der Waals surface area contributed by atoms with Crippen molar-refractivity contribution in [2.75, 3.05) is 31.1 Å². The summed E-state index contributed by atoms with van der Waals surface area (Å²) in [4.78, 5) is 23.5. The molecule has 0 saturated carbocycles. The number of aromatic carboxylic acids is 2. The van der Waals surface area contributed by atoms with Crippen molar-refractivity contribution >= 4 is 49.5 Å². The zero-order valence-electron chi connectivity index (χ0n) is 25.0. The van der Waals surface area contributed by atoms with Gasteiger partial charge in [0, 0.05) is 22.0 Å². The third-order valence-corrected chi connectivity index (χ3v) is 5.99. The minimum atomic E-state index is -1.49. The zero-order valence-corrected chi connectivity index (χ0v) is 28.2. The highest BCUT2D eigenvalue weighted by atomic mass is 79.9. The fourth-order valence-electron chi connectivity index (χ4n) is 3.56. The molecule has 6 nitrogen and oxygen atoms in total. The van der Waals surface area contributed by atoms with Crippen LogP contribution in [0.3, 0.4) is 0 Å². The van der Waals surface area contributed by atoms with Crippen molar-refractivity contribution in [3.8, 4) is 0 Å². The van der Waals surface area contributed by atoms with Gasteiger partial charge in [0.1, 0.15) is 5.82 Å². The van der Waals surface area contributed by atoms with E-state index >= 15 is 0 Å². The molecular formula is C31H47Br2F3N2O4. The Bertz CT molecular complexity index is 1110. The number of nitrogens with zero attached hydrogens (tertiary/aromatic N) is 1. The Hall–Kier alpha value is -2.11. The van der Waals surface area contributed by atoms with Gasteiger partial charge in [0.25, 0.3) is 0 Å². The van der Waals surface area contributed by atoms with Gasteiger partial charge in [-0.25, -0.2) is 22.8 Å². The lowest BCUT2D eigenvalue weighted by Gasteiger charge is -2.30. The van der Waals surface area contributed by atoms with Crippen LogP contribution in [0.25, 0.3) is 0 Å². The van der Waals surface area contributed by atoms with Crippen molar-refractivity contribution in [2.45, 2.75) is 62.8 Å². The van der Waals surface area contributed by atoms with Crippen LogP contribution in [0, 0.1) is 41.1 Å². The zero-order chi connectivity index (χ0) is 32.0. The second kappa shape index (κ2) is 20.7. The monoisotopic (exact) mass is 726 g/mol. The van der Waals surface area contributed by atoms with E-state index in [1.807, 2.05) is 32.6 Å². The van der Waals surface area contributed by atoms with Crippen LogP contribution in [0.4, 0.5) is 18.9 Å². The van der Waals surface area contributed by atoms with Crippen LogP contribution >= 0.6 is 31.9 Å². The van der Waals surface area contributed by atoms with Crippen molar-refractivity contribution in [1.82, 2.24) is 5.32 Å². The van der Waals surface area contributed by atoms with Gasteiger partial charge in [-0.3, -0.25) is 0 Å². The van der Waals surface area contributed by atoms with Crippen LogP contribution in [0.5, 0.6) is 0 Å². The molecule has 0 saturated heterocycles. The number of carbonyl (C=O) groups is 2. The van der Waals surface area contributed by atoms with Crippen LogP contribution in [0.1, 0.15) is 83.5 Å². The summed E-state index contributed by atoms with van der Waals surface area (Å²) in [5.41, 5.74) is -0.497. The van der Waals surface area contributed by atoms with Gasteiger partial charge in [-0.05, 0) is 61.0 Å². The van der Waals surface area contributed by atoms with Gasteiger partial charge in [-0.15, -0.1) is 0 Å². The summed E-state index contributed by atoms with van der Waals surface area (Å²) in [5, 5.41) is 21.1. The van der Waals surface area contributed by atoms with Crippen LogP contribution in [0.15, 0.2) is 33.2 Å². The normalized spacial score (nSPS) is 10.6. The Morgan fingerprint density at radius 3 is 1.45 bits per heavy atom. The molecule has 42 heavy (non-hydrogen) atoms. The molecule has 0 bridgehead atoms. The molecule has 0 heterocycles. The molecule has 3 N–H and O–H groups in total. The molecule has 0 atom stereocenters. The van der Waals surface area contributed by atoms with E-state index in [1.54, 1.807) is 0 Å². The first-order valence-electron chi connectivity index (χ1n) is 13.4. The van der Waals surface area contributed by atoms with E-state index in [0.717, 1.165) is 37.1 Å². The molecule has 2 aromatic carbocycles. The molecule has 2 aromatic rings. The minimum absolute atomic E-state index is 0. The number of hydrogen-bond acceptors (Lipinski definition) is 4. The fourth-order valence-corrected chi connectivity index (χ4v) is 4.42. The maximum absolute atomic E-state index is 14.3. The molecule has 0 spiro atoms. The number of anilines is 1. The number of carboxylic acid groups (broad SMARTS) is 2. The van der Waals surface area contributed by atoms with Crippen LogP contribution in [-0.4, -0.2) is 48.3 Å². The maximum atomic E-state index is 14.3. The first-order valence-corrected chi connectivity index (χ1v) is 15.0.